The first-order valence-electron chi connectivity index (χ1n) is 6.87. The molecule has 0 unspecified atom stereocenters. The van der Waals surface area contributed by atoms with Crippen molar-refractivity contribution in [2.24, 2.45) is 5.92 Å². The van der Waals surface area contributed by atoms with Crippen molar-refractivity contribution in [3.8, 4) is 5.75 Å². The molecule has 0 bridgehead atoms. The number of carboxylic acid groups (broad SMARTS) is 1. The standard InChI is InChI=1S/C15H19NO4/c17-13-7-5-12(6-8-13)16(10-15(19)20)14(18)9-11-3-1-2-4-11/h5-8,11,17H,1-4,9-10H2,(H,19,20). The number of hydrogen-bond donors (Lipinski definition) is 2. The van der Waals surface area contributed by atoms with E-state index < -0.39 is 5.97 Å². The second-order valence-electron chi connectivity index (χ2n) is 5.24. The molecular formula is C15H19NO4. The van der Waals surface area contributed by atoms with Crippen LogP contribution in [-0.2, 0) is 9.59 Å². The number of phenols is 1. The highest BCUT2D eigenvalue weighted by atomic mass is 16.4. The van der Waals surface area contributed by atoms with Crippen molar-refractivity contribution in [3.05, 3.63) is 24.3 Å². The first-order valence-corrected chi connectivity index (χ1v) is 6.87. The minimum Gasteiger partial charge on any atom is -0.508 e. The Labute approximate surface area is 117 Å². The largest absolute Gasteiger partial charge is 0.508 e. The summed E-state index contributed by atoms with van der Waals surface area (Å²) >= 11 is 0. The molecule has 1 fully saturated rings. The van der Waals surface area contributed by atoms with Gasteiger partial charge in [-0.05, 0) is 43.0 Å². The van der Waals surface area contributed by atoms with Crippen molar-refractivity contribution in [1.29, 1.82) is 0 Å². The Morgan fingerprint density at radius 2 is 1.75 bits per heavy atom. The Balaban J connectivity index is 2.11. The summed E-state index contributed by atoms with van der Waals surface area (Å²) in [5.41, 5.74) is 0.508. The van der Waals surface area contributed by atoms with Crippen LogP contribution in [0.1, 0.15) is 32.1 Å². The van der Waals surface area contributed by atoms with Gasteiger partial charge in [-0.15, -0.1) is 0 Å². The van der Waals surface area contributed by atoms with E-state index in [0.29, 0.717) is 18.0 Å². The van der Waals surface area contributed by atoms with Gasteiger partial charge >= 0.3 is 5.97 Å². The van der Waals surface area contributed by atoms with Crippen molar-refractivity contribution in [2.75, 3.05) is 11.4 Å². The van der Waals surface area contributed by atoms with E-state index in [9.17, 15) is 14.7 Å². The van der Waals surface area contributed by atoms with Gasteiger partial charge in [0.05, 0.1) is 0 Å². The molecule has 0 aliphatic heterocycles. The lowest BCUT2D eigenvalue weighted by atomic mass is 10.0. The molecule has 0 radical (unpaired) electrons. The molecular weight excluding hydrogens is 258 g/mol. The highest BCUT2D eigenvalue weighted by Gasteiger charge is 2.24. The fraction of sp³-hybridized carbons (Fsp3) is 0.467. The maximum atomic E-state index is 12.3. The van der Waals surface area contributed by atoms with Crippen molar-refractivity contribution in [1.82, 2.24) is 0 Å². The smallest absolute Gasteiger partial charge is 0.323 e. The molecule has 0 atom stereocenters. The summed E-state index contributed by atoms with van der Waals surface area (Å²) in [7, 11) is 0. The van der Waals surface area contributed by atoms with E-state index in [1.54, 1.807) is 12.1 Å². The van der Waals surface area contributed by atoms with Gasteiger partial charge in [-0.2, -0.15) is 0 Å². The number of carboxylic acids is 1. The molecule has 0 saturated heterocycles. The molecule has 1 amide bonds. The number of aliphatic carboxylic acids is 1. The summed E-state index contributed by atoms with van der Waals surface area (Å²) in [6, 6.07) is 6.02. The van der Waals surface area contributed by atoms with Crippen molar-refractivity contribution in [3.63, 3.8) is 0 Å². The van der Waals surface area contributed by atoms with Crippen LogP contribution >= 0.6 is 0 Å². The van der Waals surface area contributed by atoms with Crippen LogP contribution in [0.25, 0.3) is 0 Å². The van der Waals surface area contributed by atoms with Gasteiger partial charge in [0.2, 0.25) is 5.91 Å². The van der Waals surface area contributed by atoms with Crippen LogP contribution in [0, 0.1) is 5.92 Å². The zero-order chi connectivity index (χ0) is 14.5. The van der Waals surface area contributed by atoms with Gasteiger partial charge in [-0.3, -0.25) is 9.59 Å². The molecule has 1 aromatic carbocycles. The zero-order valence-corrected chi connectivity index (χ0v) is 11.3. The second-order valence-corrected chi connectivity index (χ2v) is 5.24. The van der Waals surface area contributed by atoms with E-state index in [1.807, 2.05) is 0 Å². The van der Waals surface area contributed by atoms with Crippen LogP contribution in [0.3, 0.4) is 0 Å². The fourth-order valence-electron chi connectivity index (χ4n) is 2.66. The highest BCUT2D eigenvalue weighted by Crippen LogP contribution is 2.29. The van der Waals surface area contributed by atoms with E-state index in [1.165, 1.54) is 17.0 Å². The van der Waals surface area contributed by atoms with Gasteiger partial charge < -0.3 is 15.1 Å². The van der Waals surface area contributed by atoms with Gasteiger partial charge in [0.15, 0.2) is 0 Å². The fourth-order valence-corrected chi connectivity index (χ4v) is 2.66. The topological polar surface area (TPSA) is 77.8 Å². The SMILES string of the molecule is O=C(O)CN(C(=O)CC1CCCC1)c1ccc(O)cc1. The summed E-state index contributed by atoms with van der Waals surface area (Å²) in [6.07, 6.45) is 4.78. The number of phenolic OH excluding ortho intramolecular Hbond substituents is 1. The molecule has 0 aromatic heterocycles. The predicted molar refractivity (Wildman–Crippen MR) is 74.7 cm³/mol. The summed E-state index contributed by atoms with van der Waals surface area (Å²) in [6.45, 7) is -0.351. The molecule has 20 heavy (non-hydrogen) atoms. The van der Waals surface area contributed by atoms with E-state index in [-0.39, 0.29) is 18.2 Å². The number of aromatic hydroxyl groups is 1. The van der Waals surface area contributed by atoms with Gasteiger partial charge in [0.25, 0.3) is 0 Å². The number of nitrogens with zero attached hydrogens (tertiary/aromatic N) is 1. The van der Waals surface area contributed by atoms with E-state index >= 15 is 0 Å². The van der Waals surface area contributed by atoms with Crippen molar-refractivity contribution >= 4 is 17.6 Å². The molecule has 2 N–H and O–H groups in total. The molecule has 1 aromatic rings. The Kier molecular flexibility index (Phi) is 4.61. The van der Waals surface area contributed by atoms with E-state index in [0.717, 1.165) is 25.7 Å². The summed E-state index contributed by atoms with van der Waals surface area (Å²) in [5.74, 6) is -0.744. The third-order valence-corrected chi connectivity index (χ3v) is 3.69. The second kappa shape index (κ2) is 6.41. The molecule has 1 aliphatic rings. The van der Waals surface area contributed by atoms with Crippen LogP contribution in [0.4, 0.5) is 5.69 Å². The lowest BCUT2D eigenvalue weighted by Crippen LogP contribution is -2.36. The number of benzene rings is 1. The summed E-state index contributed by atoms with van der Waals surface area (Å²) in [4.78, 5) is 24.5. The van der Waals surface area contributed by atoms with Crippen LogP contribution < -0.4 is 4.90 Å². The summed E-state index contributed by atoms with van der Waals surface area (Å²) in [5, 5.41) is 18.2. The van der Waals surface area contributed by atoms with Crippen LogP contribution in [0.15, 0.2) is 24.3 Å². The Hall–Kier alpha value is -2.04. The molecule has 108 valence electrons. The quantitative estimate of drug-likeness (QED) is 0.866. The van der Waals surface area contributed by atoms with Crippen LogP contribution in [-0.4, -0.2) is 28.6 Å². The van der Waals surface area contributed by atoms with Crippen LogP contribution in [0.5, 0.6) is 5.75 Å². The molecule has 2 rings (SSSR count). The van der Waals surface area contributed by atoms with E-state index in [4.69, 9.17) is 5.11 Å². The van der Waals surface area contributed by atoms with Gasteiger partial charge in [0, 0.05) is 12.1 Å². The molecule has 5 heteroatoms. The summed E-state index contributed by atoms with van der Waals surface area (Å²) < 4.78 is 0. The third kappa shape index (κ3) is 3.73. The van der Waals surface area contributed by atoms with Gasteiger partial charge in [0.1, 0.15) is 12.3 Å². The molecule has 1 aliphatic carbocycles. The lowest BCUT2D eigenvalue weighted by molar-refractivity contribution is -0.136. The first-order chi connectivity index (χ1) is 9.56. The van der Waals surface area contributed by atoms with E-state index in [2.05, 4.69) is 0 Å². The monoisotopic (exact) mass is 277 g/mol. The normalized spacial score (nSPS) is 15.2. The van der Waals surface area contributed by atoms with Crippen LogP contribution in [0.2, 0.25) is 0 Å². The maximum absolute atomic E-state index is 12.3. The average Bonchev–Trinajstić information content (AvgIpc) is 2.89. The first kappa shape index (κ1) is 14.4. The average molecular weight is 277 g/mol. The lowest BCUT2D eigenvalue weighted by Gasteiger charge is -2.22. The van der Waals surface area contributed by atoms with Crippen molar-refractivity contribution < 1.29 is 19.8 Å². The number of amides is 1. The maximum Gasteiger partial charge on any atom is 0.323 e. The number of carbonyl (C=O) groups is 2. The number of carbonyl (C=O) groups excluding carboxylic acids is 1. The predicted octanol–water partition coefficient (Wildman–Crippen LogP) is 2.39. The van der Waals surface area contributed by atoms with Crippen molar-refractivity contribution in [2.45, 2.75) is 32.1 Å². The molecule has 1 saturated carbocycles. The number of anilines is 1. The van der Waals surface area contributed by atoms with Gasteiger partial charge in [-0.1, -0.05) is 12.8 Å². The molecule has 5 nitrogen and oxygen atoms in total. The minimum atomic E-state index is -1.04. The third-order valence-electron chi connectivity index (χ3n) is 3.69. The zero-order valence-electron chi connectivity index (χ0n) is 11.3. The Morgan fingerprint density at radius 1 is 1.15 bits per heavy atom. The Morgan fingerprint density at radius 3 is 2.30 bits per heavy atom. The molecule has 0 spiro atoms. The van der Waals surface area contributed by atoms with Gasteiger partial charge in [-0.25, -0.2) is 0 Å². The number of hydrogen-bond acceptors (Lipinski definition) is 3. The molecule has 0 heterocycles. The Bertz CT molecular complexity index is 477. The minimum absolute atomic E-state index is 0.0901. The number of rotatable bonds is 5. The highest BCUT2D eigenvalue weighted by molar-refractivity contribution is 5.97.